The minimum absolute atomic E-state index is 0.102. The van der Waals surface area contributed by atoms with Crippen LogP contribution in [-0.2, 0) is 11.2 Å². The highest BCUT2D eigenvalue weighted by molar-refractivity contribution is 6.30. The average Bonchev–Trinajstić information content (AvgIpc) is 2.25. The van der Waals surface area contributed by atoms with Crippen LogP contribution >= 0.6 is 11.6 Å². The molecule has 4 heteroatoms. The van der Waals surface area contributed by atoms with Crippen molar-refractivity contribution in [3.05, 3.63) is 40.0 Å². The van der Waals surface area contributed by atoms with Gasteiger partial charge in [-0.1, -0.05) is 23.7 Å². The van der Waals surface area contributed by atoms with Crippen LogP contribution in [0.1, 0.15) is 16.7 Å². The van der Waals surface area contributed by atoms with Gasteiger partial charge >= 0.3 is 5.97 Å². The van der Waals surface area contributed by atoms with E-state index in [1.807, 2.05) is 32.0 Å². The number of carboxylic acid groups (broad SMARTS) is 1. The second-order valence-corrected chi connectivity index (χ2v) is 4.46. The van der Waals surface area contributed by atoms with Crippen molar-refractivity contribution in [3.8, 4) is 0 Å². The molecule has 0 spiro atoms. The van der Waals surface area contributed by atoms with Gasteiger partial charge in [-0.25, -0.2) is 4.98 Å². The Balaban J connectivity index is 2.71. The summed E-state index contributed by atoms with van der Waals surface area (Å²) in [4.78, 5) is 15.0. The van der Waals surface area contributed by atoms with Gasteiger partial charge in [0.2, 0.25) is 0 Å². The molecule has 1 N–H and O–H groups in total. The Hall–Kier alpha value is -1.61. The highest BCUT2D eigenvalue weighted by atomic mass is 35.5. The zero-order chi connectivity index (χ0) is 12.6. The normalized spacial score (nSPS) is 10.8. The first-order valence-electron chi connectivity index (χ1n) is 5.26. The second-order valence-electron chi connectivity index (χ2n) is 4.10. The Labute approximate surface area is 104 Å². The summed E-state index contributed by atoms with van der Waals surface area (Å²) in [6.45, 7) is 3.93. The molecule has 17 heavy (non-hydrogen) atoms. The third kappa shape index (κ3) is 2.24. The fourth-order valence-corrected chi connectivity index (χ4v) is 2.05. The summed E-state index contributed by atoms with van der Waals surface area (Å²) in [5.41, 5.74) is 3.50. The Kier molecular flexibility index (Phi) is 3.03. The van der Waals surface area contributed by atoms with Gasteiger partial charge in [0.1, 0.15) is 5.15 Å². The van der Waals surface area contributed by atoms with Crippen molar-refractivity contribution in [2.45, 2.75) is 20.3 Å². The van der Waals surface area contributed by atoms with Crippen molar-refractivity contribution >= 4 is 28.5 Å². The summed E-state index contributed by atoms with van der Waals surface area (Å²) >= 11 is 6.00. The maximum Gasteiger partial charge on any atom is 0.307 e. The number of aliphatic carboxylic acids is 1. The number of fused-ring (bicyclic) bond motifs is 1. The summed E-state index contributed by atoms with van der Waals surface area (Å²) in [5.74, 6) is -0.904. The fraction of sp³-hybridized carbons (Fsp3) is 0.231. The molecule has 0 fully saturated rings. The largest absolute Gasteiger partial charge is 0.481 e. The number of pyridine rings is 1. The maximum absolute atomic E-state index is 10.7. The van der Waals surface area contributed by atoms with Crippen molar-refractivity contribution in [2.24, 2.45) is 0 Å². The number of benzene rings is 1. The summed E-state index contributed by atoms with van der Waals surface area (Å²) < 4.78 is 0. The van der Waals surface area contributed by atoms with E-state index < -0.39 is 5.97 Å². The minimum Gasteiger partial charge on any atom is -0.481 e. The van der Waals surface area contributed by atoms with Crippen LogP contribution in [0.5, 0.6) is 0 Å². The zero-order valence-corrected chi connectivity index (χ0v) is 10.4. The molecule has 0 radical (unpaired) electrons. The molecule has 3 nitrogen and oxygen atoms in total. The van der Waals surface area contributed by atoms with Gasteiger partial charge < -0.3 is 5.11 Å². The third-order valence-corrected chi connectivity index (χ3v) is 3.10. The lowest BCUT2D eigenvalue weighted by Gasteiger charge is -2.08. The summed E-state index contributed by atoms with van der Waals surface area (Å²) in [6.07, 6.45) is -0.102. The first kappa shape index (κ1) is 11.9. The number of nitrogens with zero attached hydrogens (tertiary/aromatic N) is 1. The highest BCUT2D eigenvalue weighted by Gasteiger charge is 2.11. The van der Waals surface area contributed by atoms with E-state index in [0.717, 1.165) is 22.0 Å². The number of carbonyl (C=O) groups is 1. The van der Waals surface area contributed by atoms with Crippen molar-refractivity contribution < 1.29 is 9.90 Å². The molecule has 88 valence electrons. The van der Waals surface area contributed by atoms with Gasteiger partial charge in [0.25, 0.3) is 0 Å². The van der Waals surface area contributed by atoms with Gasteiger partial charge in [-0.15, -0.1) is 0 Å². The predicted molar refractivity (Wildman–Crippen MR) is 67.6 cm³/mol. The van der Waals surface area contributed by atoms with Gasteiger partial charge in [0.05, 0.1) is 11.9 Å². The van der Waals surface area contributed by atoms with E-state index in [4.69, 9.17) is 16.7 Å². The lowest BCUT2D eigenvalue weighted by atomic mass is 10.0. The van der Waals surface area contributed by atoms with E-state index in [9.17, 15) is 4.79 Å². The molecule has 2 rings (SSSR count). The molecule has 0 unspecified atom stereocenters. The monoisotopic (exact) mass is 249 g/mol. The van der Waals surface area contributed by atoms with Gasteiger partial charge in [-0.3, -0.25) is 4.79 Å². The van der Waals surface area contributed by atoms with Crippen LogP contribution in [0.25, 0.3) is 10.9 Å². The van der Waals surface area contributed by atoms with Gasteiger partial charge in [0.15, 0.2) is 0 Å². The quantitative estimate of drug-likeness (QED) is 0.832. The van der Waals surface area contributed by atoms with Crippen molar-refractivity contribution in [1.29, 1.82) is 0 Å². The first-order chi connectivity index (χ1) is 7.99. The topological polar surface area (TPSA) is 50.2 Å². The standard InChI is InChI=1S/C13H12ClNO2/c1-7-3-4-8(2)12-10(7)5-9(6-11(16)17)13(14)15-12/h3-5H,6H2,1-2H3,(H,16,17). The van der Waals surface area contributed by atoms with Crippen LogP contribution in [-0.4, -0.2) is 16.1 Å². The SMILES string of the molecule is Cc1ccc(C)c2nc(Cl)c(CC(=O)O)cc12. The number of halogens is 1. The number of aryl methyl sites for hydroxylation is 2. The number of hydrogen-bond acceptors (Lipinski definition) is 2. The summed E-state index contributed by atoms with van der Waals surface area (Å²) in [7, 11) is 0. The van der Waals surface area contributed by atoms with E-state index in [1.165, 1.54) is 0 Å². The Morgan fingerprint density at radius 2 is 2.00 bits per heavy atom. The summed E-state index contributed by atoms with van der Waals surface area (Å²) in [6, 6.07) is 5.80. The number of hydrogen-bond donors (Lipinski definition) is 1. The van der Waals surface area contributed by atoms with E-state index in [1.54, 1.807) is 0 Å². The molecule has 0 aliphatic heterocycles. The molecule has 0 amide bonds. The highest BCUT2D eigenvalue weighted by Crippen LogP contribution is 2.25. The Morgan fingerprint density at radius 3 is 2.65 bits per heavy atom. The Bertz CT molecular complexity index is 608. The number of carboxylic acids is 1. The minimum atomic E-state index is -0.904. The molecule has 0 saturated heterocycles. The lowest BCUT2D eigenvalue weighted by Crippen LogP contribution is -2.02. The summed E-state index contributed by atoms with van der Waals surface area (Å²) in [5, 5.41) is 10.0. The molecular formula is C13H12ClNO2. The van der Waals surface area contributed by atoms with Crippen LogP contribution in [0.4, 0.5) is 0 Å². The molecular weight excluding hydrogens is 238 g/mol. The van der Waals surface area contributed by atoms with Crippen LogP contribution in [0.2, 0.25) is 5.15 Å². The molecule has 2 aromatic rings. The van der Waals surface area contributed by atoms with Crippen molar-refractivity contribution in [3.63, 3.8) is 0 Å². The lowest BCUT2D eigenvalue weighted by molar-refractivity contribution is -0.136. The molecule has 1 heterocycles. The van der Waals surface area contributed by atoms with E-state index >= 15 is 0 Å². The molecule has 1 aromatic carbocycles. The van der Waals surface area contributed by atoms with Crippen molar-refractivity contribution in [1.82, 2.24) is 4.98 Å². The average molecular weight is 250 g/mol. The predicted octanol–water partition coefficient (Wildman–Crippen LogP) is 3.13. The number of aromatic nitrogens is 1. The molecule has 0 atom stereocenters. The van der Waals surface area contributed by atoms with Crippen LogP contribution in [0.15, 0.2) is 18.2 Å². The van der Waals surface area contributed by atoms with E-state index in [2.05, 4.69) is 4.98 Å². The zero-order valence-electron chi connectivity index (χ0n) is 9.62. The smallest absolute Gasteiger partial charge is 0.307 e. The Morgan fingerprint density at radius 1 is 1.35 bits per heavy atom. The van der Waals surface area contributed by atoms with Crippen LogP contribution < -0.4 is 0 Å². The first-order valence-corrected chi connectivity index (χ1v) is 5.64. The molecule has 0 aliphatic carbocycles. The molecule has 0 saturated carbocycles. The fourth-order valence-electron chi connectivity index (χ4n) is 1.84. The third-order valence-electron chi connectivity index (χ3n) is 2.77. The molecule has 0 aliphatic rings. The van der Waals surface area contributed by atoms with Crippen molar-refractivity contribution in [2.75, 3.05) is 0 Å². The maximum atomic E-state index is 10.7. The van der Waals surface area contributed by atoms with Gasteiger partial charge in [-0.2, -0.15) is 0 Å². The number of rotatable bonds is 2. The van der Waals surface area contributed by atoms with E-state index in [0.29, 0.717) is 5.56 Å². The van der Waals surface area contributed by atoms with Gasteiger partial charge in [-0.05, 0) is 31.0 Å². The van der Waals surface area contributed by atoms with Crippen LogP contribution in [0, 0.1) is 13.8 Å². The van der Waals surface area contributed by atoms with Gasteiger partial charge in [0, 0.05) is 10.9 Å². The molecule has 0 bridgehead atoms. The van der Waals surface area contributed by atoms with Crippen LogP contribution in [0.3, 0.4) is 0 Å². The van der Waals surface area contributed by atoms with E-state index in [-0.39, 0.29) is 11.6 Å². The molecule has 1 aromatic heterocycles. The second kappa shape index (κ2) is 4.34.